The summed E-state index contributed by atoms with van der Waals surface area (Å²) in [7, 11) is 0. The summed E-state index contributed by atoms with van der Waals surface area (Å²) in [4.78, 5) is 34.1. The van der Waals surface area contributed by atoms with E-state index in [9.17, 15) is 9.59 Å². The number of amides is 1. The van der Waals surface area contributed by atoms with E-state index >= 15 is 0 Å². The fraction of sp³-hybridized carbons (Fsp3) is 0.0455. The van der Waals surface area contributed by atoms with Gasteiger partial charge in [0.1, 0.15) is 0 Å². The van der Waals surface area contributed by atoms with Gasteiger partial charge in [0.25, 0.3) is 11.5 Å². The number of hydrogen-bond donors (Lipinski definition) is 1. The second-order valence-corrected chi connectivity index (χ2v) is 6.17. The normalized spacial score (nSPS) is 10.7. The number of para-hydroxylation sites is 2. The summed E-state index contributed by atoms with van der Waals surface area (Å²) in [6.45, 7) is 0.172. The van der Waals surface area contributed by atoms with E-state index in [1.165, 1.54) is 0 Å². The predicted octanol–water partition coefficient (Wildman–Crippen LogP) is 3.77. The molecule has 0 unspecified atom stereocenters. The van der Waals surface area contributed by atoms with E-state index in [4.69, 9.17) is 0 Å². The lowest BCUT2D eigenvalue weighted by molar-refractivity contribution is 0.0985. The minimum atomic E-state index is -0.197. The molecule has 132 valence electrons. The molecule has 0 aliphatic carbocycles. The smallest absolute Gasteiger partial charge is 0.258 e. The SMILES string of the molecule is O=C(c1ccncc1)N(Cc1cc2ccccc2[nH]c1=O)c1ccccc1. The van der Waals surface area contributed by atoms with E-state index in [0.717, 1.165) is 16.6 Å². The molecule has 5 heteroatoms. The van der Waals surface area contributed by atoms with Crippen molar-refractivity contribution in [1.29, 1.82) is 0 Å². The van der Waals surface area contributed by atoms with Gasteiger partial charge in [0.05, 0.1) is 6.54 Å². The van der Waals surface area contributed by atoms with E-state index in [1.54, 1.807) is 29.4 Å². The van der Waals surface area contributed by atoms with Crippen molar-refractivity contribution in [3.8, 4) is 0 Å². The zero-order chi connectivity index (χ0) is 18.6. The number of carbonyl (C=O) groups excluding carboxylic acids is 1. The Bertz CT molecular complexity index is 1140. The number of nitrogens with zero attached hydrogens (tertiary/aromatic N) is 2. The fourth-order valence-corrected chi connectivity index (χ4v) is 3.02. The summed E-state index contributed by atoms with van der Waals surface area (Å²) < 4.78 is 0. The number of anilines is 1. The number of H-pyrrole nitrogens is 1. The molecule has 0 radical (unpaired) electrons. The van der Waals surface area contributed by atoms with Crippen LogP contribution in [-0.4, -0.2) is 15.9 Å². The lowest BCUT2D eigenvalue weighted by Crippen LogP contribution is -2.32. The summed E-state index contributed by atoms with van der Waals surface area (Å²) in [5, 5.41) is 0.927. The van der Waals surface area contributed by atoms with Crippen LogP contribution in [0.25, 0.3) is 10.9 Å². The van der Waals surface area contributed by atoms with Gasteiger partial charge >= 0.3 is 0 Å². The molecule has 0 aliphatic heterocycles. The standard InChI is InChI=1S/C22H17N3O2/c26-21-18(14-17-6-4-5-9-20(17)24-21)15-25(19-7-2-1-3-8-19)22(27)16-10-12-23-13-11-16/h1-14H,15H2,(H,24,26). The highest BCUT2D eigenvalue weighted by atomic mass is 16.2. The van der Waals surface area contributed by atoms with Crippen molar-refractivity contribution in [1.82, 2.24) is 9.97 Å². The Morgan fingerprint density at radius 2 is 1.63 bits per heavy atom. The fourth-order valence-electron chi connectivity index (χ4n) is 3.02. The molecular weight excluding hydrogens is 338 g/mol. The maximum Gasteiger partial charge on any atom is 0.258 e. The molecule has 0 bridgehead atoms. The van der Waals surface area contributed by atoms with Gasteiger partial charge in [-0.2, -0.15) is 0 Å². The minimum absolute atomic E-state index is 0.172. The second kappa shape index (κ2) is 7.25. The molecule has 0 atom stereocenters. The van der Waals surface area contributed by atoms with Crippen molar-refractivity contribution in [2.24, 2.45) is 0 Å². The maximum absolute atomic E-state index is 13.1. The topological polar surface area (TPSA) is 66.1 Å². The summed E-state index contributed by atoms with van der Waals surface area (Å²) in [6.07, 6.45) is 3.17. The summed E-state index contributed by atoms with van der Waals surface area (Å²) >= 11 is 0. The molecule has 27 heavy (non-hydrogen) atoms. The number of benzene rings is 2. The molecule has 0 spiro atoms. The molecule has 5 nitrogen and oxygen atoms in total. The van der Waals surface area contributed by atoms with E-state index in [-0.39, 0.29) is 18.0 Å². The van der Waals surface area contributed by atoms with Crippen molar-refractivity contribution in [2.45, 2.75) is 6.54 Å². The zero-order valence-corrected chi connectivity index (χ0v) is 14.5. The third-order valence-electron chi connectivity index (χ3n) is 4.40. The lowest BCUT2D eigenvalue weighted by atomic mass is 10.1. The second-order valence-electron chi connectivity index (χ2n) is 6.17. The van der Waals surface area contributed by atoms with Gasteiger partial charge in [0.2, 0.25) is 0 Å². The summed E-state index contributed by atoms with van der Waals surface area (Å²) in [5.41, 5.74) is 2.35. The predicted molar refractivity (Wildman–Crippen MR) is 106 cm³/mol. The minimum Gasteiger partial charge on any atom is -0.322 e. The summed E-state index contributed by atoms with van der Waals surface area (Å²) in [5.74, 6) is -0.184. The van der Waals surface area contributed by atoms with Gasteiger partial charge in [-0.1, -0.05) is 36.4 Å². The molecule has 0 saturated heterocycles. The van der Waals surface area contributed by atoms with Crippen molar-refractivity contribution in [2.75, 3.05) is 4.90 Å². The molecule has 4 aromatic rings. The largest absolute Gasteiger partial charge is 0.322 e. The molecule has 2 heterocycles. The molecular formula is C22H17N3O2. The first-order chi connectivity index (χ1) is 13.2. The Morgan fingerprint density at radius 1 is 0.926 bits per heavy atom. The summed E-state index contributed by atoms with van der Waals surface area (Å²) in [6, 6.07) is 22.1. The van der Waals surface area contributed by atoms with Crippen LogP contribution >= 0.6 is 0 Å². The quantitative estimate of drug-likeness (QED) is 0.606. The van der Waals surface area contributed by atoms with Gasteiger partial charge in [-0.25, -0.2) is 0 Å². The van der Waals surface area contributed by atoms with Crippen LogP contribution in [0.3, 0.4) is 0 Å². The van der Waals surface area contributed by atoms with E-state index in [2.05, 4.69) is 9.97 Å². The van der Waals surface area contributed by atoms with Crippen LogP contribution in [0, 0.1) is 0 Å². The molecule has 0 saturated carbocycles. The van der Waals surface area contributed by atoms with Gasteiger partial charge in [-0.05, 0) is 41.8 Å². The van der Waals surface area contributed by atoms with Crippen LogP contribution in [0.1, 0.15) is 15.9 Å². The monoisotopic (exact) mass is 355 g/mol. The van der Waals surface area contributed by atoms with Gasteiger partial charge in [0.15, 0.2) is 0 Å². The Balaban J connectivity index is 1.77. The molecule has 1 amide bonds. The van der Waals surface area contributed by atoms with Crippen molar-refractivity contribution < 1.29 is 4.79 Å². The van der Waals surface area contributed by atoms with Crippen molar-refractivity contribution >= 4 is 22.5 Å². The number of nitrogens with one attached hydrogen (secondary N) is 1. The Hall–Kier alpha value is -3.73. The maximum atomic E-state index is 13.1. The zero-order valence-electron chi connectivity index (χ0n) is 14.5. The third-order valence-corrected chi connectivity index (χ3v) is 4.40. The van der Waals surface area contributed by atoms with Gasteiger partial charge in [-0.3, -0.25) is 14.6 Å². The lowest BCUT2D eigenvalue weighted by Gasteiger charge is -2.23. The van der Waals surface area contributed by atoms with Crippen LogP contribution in [0.4, 0.5) is 5.69 Å². The molecule has 4 rings (SSSR count). The highest BCUT2D eigenvalue weighted by Gasteiger charge is 2.19. The molecule has 0 aliphatic rings. The molecule has 0 fully saturated rings. The average molecular weight is 355 g/mol. The first kappa shape index (κ1) is 16.7. The average Bonchev–Trinajstić information content (AvgIpc) is 2.73. The first-order valence-corrected chi connectivity index (χ1v) is 8.60. The van der Waals surface area contributed by atoms with Crippen LogP contribution in [0.2, 0.25) is 0 Å². The van der Waals surface area contributed by atoms with Crippen LogP contribution in [0.15, 0.2) is 90.0 Å². The van der Waals surface area contributed by atoms with E-state index in [1.807, 2.05) is 60.7 Å². The van der Waals surface area contributed by atoms with Crippen LogP contribution in [-0.2, 0) is 6.54 Å². The van der Waals surface area contributed by atoms with E-state index in [0.29, 0.717) is 11.1 Å². The van der Waals surface area contributed by atoms with Gasteiger partial charge in [-0.15, -0.1) is 0 Å². The Kier molecular flexibility index (Phi) is 4.49. The molecule has 2 aromatic heterocycles. The highest BCUT2D eigenvalue weighted by molar-refractivity contribution is 6.05. The van der Waals surface area contributed by atoms with Crippen molar-refractivity contribution in [3.05, 3.63) is 107 Å². The number of pyridine rings is 2. The Morgan fingerprint density at radius 3 is 2.41 bits per heavy atom. The first-order valence-electron chi connectivity index (χ1n) is 8.60. The van der Waals surface area contributed by atoms with Gasteiger partial charge in [0, 0.05) is 34.7 Å². The molecule has 2 aromatic carbocycles. The third kappa shape index (κ3) is 3.48. The number of hydrogen-bond acceptors (Lipinski definition) is 3. The number of rotatable bonds is 4. The van der Waals surface area contributed by atoms with Crippen LogP contribution in [0.5, 0.6) is 0 Å². The number of aromatic nitrogens is 2. The number of fused-ring (bicyclic) bond motifs is 1. The number of carbonyl (C=O) groups is 1. The number of aromatic amines is 1. The van der Waals surface area contributed by atoms with Gasteiger partial charge < -0.3 is 9.88 Å². The van der Waals surface area contributed by atoms with Crippen LogP contribution < -0.4 is 10.5 Å². The Labute approximate surface area is 155 Å². The highest BCUT2D eigenvalue weighted by Crippen LogP contribution is 2.20. The van der Waals surface area contributed by atoms with E-state index < -0.39 is 0 Å². The molecule has 1 N–H and O–H groups in total. The van der Waals surface area contributed by atoms with Crippen molar-refractivity contribution in [3.63, 3.8) is 0 Å².